The molecule has 1 fully saturated rings. The van der Waals surface area contributed by atoms with E-state index in [-0.39, 0.29) is 16.6 Å². The van der Waals surface area contributed by atoms with E-state index in [0.29, 0.717) is 31.9 Å². The number of hydrogen-bond acceptors (Lipinski definition) is 4. The first-order valence-electron chi connectivity index (χ1n) is 8.74. The Bertz CT molecular complexity index is 897. The van der Waals surface area contributed by atoms with E-state index in [4.69, 9.17) is 0 Å². The summed E-state index contributed by atoms with van der Waals surface area (Å²) in [5, 5.41) is 0. The third kappa shape index (κ3) is 4.45. The number of piperazine rings is 1. The van der Waals surface area contributed by atoms with Gasteiger partial charge in [-0.2, -0.15) is 4.72 Å². The van der Waals surface area contributed by atoms with Gasteiger partial charge >= 0.3 is 0 Å². The number of amides is 1. The lowest BCUT2D eigenvalue weighted by molar-refractivity contribution is -0.132. The Morgan fingerprint density at radius 2 is 1.59 bits per heavy atom. The zero-order valence-corrected chi connectivity index (χ0v) is 15.8. The first kappa shape index (κ1) is 19.3. The minimum absolute atomic E-state index is 0.119. The molecule has 144 valence electrons. The second-order valence-corrected chi connectivity index (χ2v) is 8.13. The fourth-order valence-electron chi connectivity index (χ4n) is 3.10. The van der Waals surface area contributed by atoms with Crippen LogP contribution in [0.15, 0.2) is 59.5 Å². The number of hydrogen-bond donors (Lipinski definition) is 1. The summed E-state index contributed by atoms with van der Waals surface area (Å²) in [6.45, 7) is 3.33. The van der Waals surface area contributed by atoms with Crippen LogP contribution in [0.3, 0.4) is 0 Å². The molecule has 27 heavy (non-hydrogen) atoms. The molecule has 1 aliphatic heterocycles. The van der Waals surface area contributed by atoms with Crippen LogP contribution in [0.4, 0.5) is 10.1 Å². The lowest BCUT2D eigenvalue weighted by atomic mass is 10.2. The molecule has 0 aromatic heterocycles. The standard InChI is InChI=1S/C19H22FN3O3S/c1-15(21-27(25,26)16-7-3-2-4-8-16)19(24)23-13-11-22(12-14-23)18-10-6-5-9-17(18)20/h2-10,15,21H,11-14H2,1H3/t15-/m1/s1. The first-order chi connectivity index (χ1) is 12.9. The van der Waals surface area contributed by atoms with Gasteiger partial charge in [0.05, 0.1) is 16.6 Å². The normalized spacial score (nSPS) is 16.2. The number of carbonyl (C=O) groups is 1. The number of sulfonamides is 1. The topological polar surface area (TPSA) is 69.7 Å². The van der Waals surface area contributed by atoms with Crippen LogP contribution in [0, 0.1) is 5.82 Å². The maximum atomic E-state index is 13.9. The second kappa shape index (κ2) is 8.06. The van der Waals surface area contributed by atoms with Gasteiger partial charge in [-0.1, -0.05) is 30.3 Å². The molecule has 0 spiro atoms. The van der Waals surface area contributed by atoms with E-state index >= 15 is 0 Å². The summed E-state index contributed by atoms with van der Waals surface area (Å²) < 4.78 is 41.1. The van der Waals surface area contributed by atoms with Gasteiger partial charge in [-0.15, -0.1) is 0 Å². The number of carbonyl (C=O) groups excluding carboxylic acids is 1. The van der Waals surface area contributed by atoms with Crippen molar-refractivity contribution >= 4 is 21.6 Å². The summed E-state index contributed by atoms with van der Waals surface area (Å²) in [5.41, 5.74) is 0.516. The minimum Gasteiger partial charge on any atom is -0.366 e. The van der Waals surface area contributed by atoms with Crippen LogP contribution in [0.25, 0.3) is 0 Å². The molecule has 2 aromatic rings. The summed E-state index contributed by atoms with van der Waals surface area (Å²) in [5.74, 6) is -0.580. The smallest absolute Gasteiger partial charge is 0.241 e. The number of benzene rings is 2. The van der Waals surface area contributed by atoms with Crippen molar-refractivity contribution in [1.82, 2.24) is 9.62 Å². The predicted molar refractivity (Wildman–Crippen MR) is 101 cm³/mol. The Morgan fingerprint density at radius 3 is 2.22 bits per heavy atom. The van der Waals surface area contributed by atoms with E-state index in [1.807, 2.05) is 4.90 Å². The zero-order valence-electron chi connectivity index (χ0n) is 15.0. The SMILES string of the molecule is C[C@@H](NS(=O)(=O)c1ccccc1)C(=O)N1CCN(c2ccccc2F)CC1. The molecule has 0 aliphatic carbocycles. The van der Waals surface area contributed by atoms with Crippen LogP contribution in [-0.4, -0.2) is 51.4 Å². The molecular weight excluding hydrogens is 369 g/mol. The number of para-hydroxylation sites is 1. The highest BCUT2D eigenvalue weighted by atomic mass is 32.2. The molecule has 1 aliphatic rings. The number of halogens is 1. The molecule has 2 aromatic carbocycles. The highest BCUT2D eigenvalue weighted by molar-refractivity contribution is 7.89. The van der Waals surface area contributed by atoms with Gasteiger partial charge in [-0.3, -0.25) is 4.79 Å². The van der Waals surface area contributed by atoms with E-state index in [9.17, 15) is 17.6 Å². The Labute approximate surface area is 158 Å². The summed E-state index contributed by atoms with van der Waals surface area (Å²) >= 11 is 0. The van der Waals surface area contributed by atoms with Gasteiger partial charge in [0.1, 0.15) is 5.82 Å². The van der Waals surface area contributed by atoms with Gasteiger partial charge in [-0.25, -0.2) is 12.8 Å². The van der Waals surface area contributed by atoms with E-state index in [0.717, 1.165) is 0 Å². The average Bonchev–Trinajstić information content (AvgIpc) is 2.68. The quantitative estimate of drug-likeness (QED) is 0.845. The lowest BCUT2D eigenvalue weighted by Gasteiger charge is -2.37. The first-order valence-corrected chi connectivity index (χ1v) is 10.2. The van der Waals surface area contributed by atoms with Crippen LogP contribution in [0.5, 0.6) is 0 Å². The van der Waals surface area contributed by atoms with Crippen molar-refractivity contribution in [3.63, 3.8) is 0 Å². The molecule has 1 saturated heterocycles. The maximum absolute atomic E-state index is 13.9. The maximum Gasteiger partial charge on any atom is 0.241 e. The summed E-state index contributed by atoms with van der Waals surface area (Å²) in [6.07, 6.45) is 0. The van der Waals surface area contributed by atoms with Gasteiger partial charge in [0.15, 0.2) is 0 Å². The molecule has 1 atom stereocenters. The van der Waals surface area contributed by atoms with Crippen LogP contribution >= 0.6 is 0 Å². The Kier molecular flexibility index (Phi) is 5.76. The highest BCUT2D eigenvalue weighted by Crippen LogP contribution is 2.20. The van der Waals surface area contributed by atoms with Crippen molar-refractivity contribution in [1.29, 1.82) is 0 Å². The van der Waals surface area contributed by atoms with Crippen molar-refractivity contribution in [2.24, 2.45) is 0 Å². The van der Waals surface area contributed by atoms with E-state index in [1.165, 1.54) is 25.1 Å². The molecule has 0 saturated carbocycles. The number of nitrogens with zero attached hydrogens (tertiary/aromatic N) is 2. The minimum atomic E-state index is -3.76. The Morgan fingerprint density at radius 1 is 1.00 bits per heavy atom. The number of nitrogens with one attached hydrogen (secondary N) is 1. The van der Waals surface area contributed by atoms with Crippen LogP contribution < -0.4 is 9.62 Å². The average molecular weight is 391 g/mol. The van der Waals surface area contributed by atoms with E-state index in [1.54, 1.807) is 41.3 Å². The molecule has 8 heteroatoms. The van der Waals surface area contributed by atoms with Crippen LogP contribution in [-0.2, 0) is 14.8 Å². The van der Waals surface area contributed by atoms with Gasteiger partial charge in [0.25, 0.3) is 0 Å². The molecule has 1 amide bonds. The van der Waals surface area contributed by atoms with Crippen molar-refractivity contribution in [2.75, 3.05) is 31.1 Å². The number of anilines is 1. The summed E-state index contributed by atoms with van der Waals surface area (Å²) in [4.78, 5) is 16.2. The summed E-state index contributed by atoms with van der Waals surface area (Å²) in [7, 11) is -3.76. The molecule has 3 rings (SSSR count). The third-order valence-electron chi connectivity index (χ3n) is 4.54. The van der Waals surface area contributed by atoms with Gasteiger partial charge in [0.2, 0.25) is 15.9 Å². The fraction of sp³-hybridized carbons (Fsp3) is 0.316. The molecule has 0 radical (unpaired) electrons. The van der Waals surface area contributed by atoms with E-state index < -0.39 is 16.1 Å². The van der Waals surface area contributed by atoms with E-state index in [2.05, 4.69) is 4.72 Å². The molecule has 6 nitrogen and oxygen atoms in total. The molecule has 0 bridgehead atoms. The van der Waals surface area contributed by atoms with Crippen molar-refractivity contribution in [3.05, 3.63) is 60.4 Å². The van der Waals surface area contributed by atoms with Crippen molar-refractivity contribution < 1.29 is 17.6 Å². The van der Waals surface area contributed by atoms with Crippen molar-refractivity contribution in [3.8, 4) is 0 Å². The fourth-order valence-corrected chi connectivity index (χ4v) is 4.32. The third-order valence-corrected chi connectivity index (χ3v) is 6.10. The largest absolute Gasteiger partial charge is 0.366 e. The lowest BCUT2D eigenvalue weighted by Crippen LogP contribution is -2.54. The summed E-state index contributed by atoms with van der Waals surface area (Å²) in [6, 6.07) is 13.6. The molecule has 1 N–H and O–H groups in total. The molecule has 1 heterocycles. The predicted octanol–water partition coefficient (Wildman–Crippen LogP) is 1.84. The Hall–Kier alpha value is -2.45. The van der Waals surface area contributed by atoms with Gasteiger partial charge in [-0.05, 0) is 31.2 Å². The van der Waals surface area contributed by atoms with Crippen molar-refractivity contribution in [2.45, 2.75) is 17.9 Å². The van der Waals surface area contributed by atoms with Crippen LogP contribution in [0.1, 0.15) is 6.92 Å². The monoisotopic (exact) mass is 391 g/mol. The van der Waals surface area contributed by atoms with Gasteiger partial charge < -0.3 is 9.80 Å². The number of rotatable bonds is 5. The molecular formula is C19H22FN3O3S. The van der Waals surface area contributed by atoms with Crippen LogP contribution in [0.2, 0.25) is 0 Å². The second-order valence-electron chi connectivity index (χ2n) is 6.42. The highest BCUT2D eigenvalue weighted by Gasteiger charge is 2.28. The van der Waals surface area contributed by atoms with Gasteiger partial charge in [0, 0.05) is 26.2 Å². The Balaban J connectivity index is 1.60. The molecule has 0 unspecified atom stereocenters. The zero-order chi connectivity index (χ0) is 19.4.